The van der Waals surface area contributed by atoms with Gasteiger partial charge in [-0.25, -0.2) is 4.98 Å². The minimum Gasteiger partial charge on any atom is -0.492 e. The zero-order valence-electron chi connectivity index (χ0n) is 21.3. The number of aromatic nitrogens is 2. The zero-order valence-corrected chi connectivity index (χ0v) is 21.3. The van der Waals surface area contributed by atoms with E-state index in [1.807, 2.05) is 0 Å². The average Bonchev–Trinajstić information content (AvgIpc) is 3.22. The lowest BCUT2D eigenvalue weighted by Crippen LogP contribution is -2.13. The smallest absolute Gasteiger partial charge is 0.119 e. The molecule has 2 unspecified atom stereocenters. The third-order valence-corrected chi connectivity index (χ3v) is 6.84. The molecule has 0 radical (unpaired) electrons. The first kappa shape index (κ1) is 24.1. The second-order valence-corrected chi connectivity index (χ2v) is 9.90. The molecule has 4 rings (SSSR count). The molecule has 0 saturated heterocycles. The van der Waals surface area contributed by atoms with E-state index in [1.54, 1.807) is 0 Å². The summed E-state index contributed by atoms with van der Waals surface area (Å²) >= 11 is 0. The summed E-state index contributed by atoms with van der Waals surface area (Å²) in [5.41, 5.74) is 6.26. The van der Waals surface area contributed by atoms with Crippen LogP contribution in [0.15, 0.2) is 72.8 Å². The topological polar surface area (TPSA) is 27.1 Å². The Bertz CT molecular complexity index is 1190. The van der Waals surface area contributed by atoms with E-state index >= 15 is 0 Å². The molecule has 4 aromatic rings. The van der Waals surface area contributed by atoms with E-state index < -0.39 is 0 Å². The van der Waals surface area contributed by atoms with Crippen LogP contribution in [0.5, 0.6) is 5.75 Å². The van der Waals surface area contributed by atoms with Crippen LogP contribution < -0.4 is 4.74 Å². The highest BCUT2D eigenvalue weighted by atomic mass is 16.5. The summed E-state index contributed by atoms with van der Waals surface area (Å²) in [5, 5.41) is 0. The van der Waals surface area contributed by atoms with Gasteiger partial charge in [0.1, 0.15) is 18.2 Å². The number of rotatable bonds is 10. The number of nitrogens with zero attached hydrogens (tertiary/aromatic N) is 2. The fraction of sp³-hybridized carbons (Fsp3) is 0.387. The van der Waals surface area contributed by atoms with Gasteiger partial charge in [-0.3, -0.25) is 0 Å². The van der Waals surface area contributed by atoms with Gasteiger partial charge in [-0.2, -0.15) is 0 Å². The molecule has 0 saturated carbocycles. The first-order valence-corrected chi connectivity index (χ1v) is 12.7. The molecule has 2 atom stereocenters. The Morgan fingerprint density at radius 2 is 1.50 bits per heavy atom. The molecule has 178 valence electrons. The summed E-state index contributed by atoms with van der Waals surface area (Å²) in [4.78, 5) is 5.03. The van der Waals surface area contributed by atoms with Crippen molar-refractivity contribution in [2.45, 2.75) is 65.8 Å². The molecule has 3 nitrogen and oxygen atoms in total. The first-order valence-electron chi connectivity index (χ1n) is 12.7. The molecule has 0 aliphatic rings. The van der Waals surface area contributed by atoms with Crippen molar-refractivity contribution in [2.24, 2.45) is 5.92 Å². The van der Waals surface area contributed by atoms with Crippen LogP contribution in [0.4, 0.5) is 0 Å². The Morgan fingerprint density at radius 1 is 0.824 bits per heavy atom. The largest absolute Gasteiger partial charge is 0.492 e. The summed E-state index contributed by atoms with van der Waals surface area (Å²) in [6, 6.07) is 26.0. The summed E-state index contributed by atoms with van der Waals surface area (Å²) < 4.78 is 8.47. The molecule has 3 heteroatoms. The van der Waals surface area contributed by atoms with Gasteiger partial charge in [0, 0.05) is 5.92 Å². The number of hydrogen-bond donors (Lipinski definition) is 0. The Balaban J connectivity index is 1.52. The van der Waals surface area contributed by atoms with Gasteiger partial charge in [-0.1, -0.05) is 83.1 Å². The summed E-state index contributed by atoms with van der Waals surface area (Å²) in [6.07, 6.45) is 2.26. The number of hydrogen-bond acceptors (Lipinski definition) is 2. The van der Waals surface area contributed by atoms with Gasteiger partial charge in [0.05, 0.1) is 17.6 Å². The number of ether oxygens (including phenoxy) is 1. The Labute approximate surface area is 204 Å². The van der Waals surface area contributed by atoms with Gasteiger partial charge >= 0.3 is 0 Å². The second kappa shape index (κ2) is 10.9. The normalized spacial score (nSPS) is 13.4. The van der Waals surface area contributed by atoms with E-state index in [0.717, 1.165) is 42.0 Å². The molecule has 3 aromatic carbocycles. The van der Waals surface area contributed by atoms with Gasteiger partial charge in [-0.15, -0.1) is 0 Å². The summed E-state index contributed by atoms with van der Waals surface area (Å²) in [6.45, 7) is 12.6. The highest BCUT2D eigenvalue weighted by Gasteiger charge is 2.18. The van der Waals surface area contributed by atoms with Crippen molar-refractivity contribution in [3.63, 3.8) is 0 Å². The van der Waals surface area contributed by atoms with E-state index in [0.29, 0.717) is 18.4 Å². The van der Waals surface area contributed by atoms with Crippen molar-refractivity contribution >= 4 is 11.0 Å². The highest BCUT2D eigenvalue weighted by Crippen LogP contribution is 2.28. The van der Waals surface area contributed by atoms with Crippen LogP contribution in [-0.4, -0.2) is 16.2 Å². The number of fused-ring (bicyclic) bond motifs is 1. The van der Waals surface area contributed by atoms with Gasteiger partial charge in [0.25, 0.3) is 0 Å². The van der Waals surface area contributed by atoms with Crippen LogP contribution in [-0.2, 0) is 13.0 Å². The molecule has 0 amide bonds. The molecule has 0 bridgehead atoms. The van der Waals surface area contributed by atoms with Crippen molar-refractivity contribution in [3.05, 3.63) is 95.3 Å². The van der Waals surface area contributed by atoms with E-state index in [4.69, 9.17) is 9.72 Å². The Morgan fingerprint density at radius 3 is 2.18 bits per heavy atom. The van der Waals surface area contributed by atoms with Crippen molar-refractivity contribution in [1.29, 1.82) is 0 Å². The number of benzene rings is 3. The lowest BCUT2D eigenvalue weighted by atomic mass is 9.96. The summed E-state index contributed by atoms with van der Waals surface area (Å²) in [7, 11) is 0. The molecule has 0 aliphatic heterocycles. The second-order valence-electron chi connectivity index (χ2n) is 9.90. The molecule has 1 heterocycles. The molecule has 34 heavy (non-hydrogen) atoms. The fourth-order valence-electron chi connectivity index (χ4n) is 4.61. The monoisotopic (exact) mass is 454 g/mol. The zero-order chi connectivity index (χ0) is 24.1. The Kier molecular flexibility index (Phi) is 7.72. The van der Waals surface area contributed by atoms with Crippen molar-refractivity contribution in [1.82, 2.24) is 9.55 Å². The quantitative estimate of drug-likeness (QED) is 0.243. The SMILES string of the molecule is CCC(C)c1ccc(OCCn2c(C(C)c3ccc(CC(C)C)cc3)nc3ccccc32)cc1. The van der Waals surface area contributed by atoms with Crippen LogP contribution in [0.2, 0.25) is 0 Å². The molecule has 1 aromatic heterocycles. The average molecular weight is 455 g/mol. The molecule has 0 aliphatic carbocycles. The maximum Gasteiger partial charge on any atom is 0.119 e. The predicted octanol–water partition coefficient (Wildman–Crippen LogP) is 7.98. The fourth-order valence-corrected chi connectivity index (χ4v) is 4.61. The minimum atomic E-state index is 0.204. The van der Waals surface area contributed by atoms with Crippen LogP contribution in [0, 0.1) is 5.92 Å². The van der Waals surface area contributed by atoms with Crippen molar-refractivity contribution < 1.29 is 4.74 Å². The van der Waals surface area contributed by atoms with E-state index in [2.05, 4.69) is 112 Å². The van der Waals surface area contributed by atoms with E-state index in [9.17, 15) is 0 Å². The predicted molar refractivity (Wildman–Crippen MR) is 143 cm³/mol. The molecular weight excluding hydrogens is 416 g/mol. The summed E-state index contributed by atoms with van der Waals surface area (Å²) in [5.74, 6) is 3.46. The van der Waals surface area contributed by atoms with Crippen LogP contribution in [0.1, 0.15) is 75.4 Å². The van der Waals surface area contributed by atoms with E-state index in [-0.39, 0.29) is 5.92 Å². The van der Waals surface area contributed by atoms with E-state index in [1.165, 1.54) is 16.7 Å². The third-order valence-electron chi connectivity index (χ3n) is 6.84. The lowest BCUT2D eigenvalue weighted by Gasteiger charge is -2.17. The van der Waals surface area contributed by atoms with Crippen LogP contribution in [0.3, 0.4) is 0 Å². The first-order chi connectivity index (χ1) is 16.5. The molecule has 0 spiro atoms. The molecule has 0 fully saturated rings. The van der Waals surface area contributed by atoms with Crippen LogP contribution >= 0.6 is 0 Å². The molecular formula is C31H38N2O. The highest BCUT2D eigenvalue weighted by molar-refractivity contribution is 5.76. The van der Waals surface area contributed by atoms with Gasteiger partial charge in [0.2, 0.25) is 0 Å². The molecule has 0 N–H and O–H groups in total. The van der Waals surface area contributed by atoms with Gasteiger partial charge < -0.3 is 9.30 Å². The Hall–Kier alpha value is -3.07. The van der Waals surface area contributed by atoms with Crippen LogP contribution in [0.25, 0.3) is 11.0 Å². The lowest BCUT2D eigenvalue weighted by molar-refractivity contribution is 0.297. The van der Waals surface area contributed by atoms with Gasteiger partial charge in [-0.05, 0) is 65.6 Å². The van der Waals surface area contributed by atoms with Gasteiger partial charge in [0.15, 0.2) is 0 Å². The number of imidazole rings is 1. The van der Waals surface area contributed by atoms with Crippen molar-refractivity contribution in [3.8, 4) is 5.75 Å². The van der Waals surface area contributed by atoms with Crippen molar-refractivity contribution in [2.75, 3.05) is 6.61 Å². The number of para-hydroxylation sites is 2. The maximum absolute atomic E-state index is 6.14. The standard InChI is InChI=1S/C31H38N2O/c1-6-23(4)26-15-17-28(18-16-26)34-20-19-33-30-10-8-7-9-29(30)32-31(33)24(5)27-13-11-25(12-14-27)21-22(2)3/h7-18,22-24H,6,19-21H2,1-5H3. The third kappa shape index (κ3) is 5.52. The maximum atomic E-state index is 6.14. The minimum absolute atomic E-state index is 0.204.